The van der Waals surface area contributed by atoms with Crippen LogP contribution in [0.15, 0.2) is 21.3 Å². The van der Waals surface area contributed by atoms with E-state index in [0.717, 1.165) is 37.9 Å². The van der Waals surface area contributed by atoms with E-state index in [0.29, 0.717) is 12.0 Å². The smallest absolute Gasteiger partial charge is 0.229 e. The minimum Gasteiger partial charge on any atom is -0.339 e. The molecule has 0 radical (unpaired) electrons. The number of nitrogens with zero attached hydrogens (tertiary/aromatic N) is 3. The molecule has 0 unspecified atom stereocenters. The first kappa shape index (κ1) is 14.4. The van der Waals surface area contributed by atoms with E-state index in [1.807, 2.05) is 0 Å². The number of nitrogens with one attached hydrogen (secondary N) is 1. The number of aromatic nitrogens is 2. The zero-order chi connectivity index (χ0) is 14.8. The third-order valence-corrected chi connectivity index (χ3v) is 5.19. The topological polar surface area (TPSA) is 54.2 Å². The highest BCUT2D eigenvalue weighted by molar-refractivity contribution is 7.07. The number of rotatable bonds is 6. The summed E-state index contributed by atoms with van der Waals surface area (Å²) in [5.74, 6) is 2.24. The van der Waals surface area contributed by atoms with Crippen molar-refractivity contribution < 1.29 is 4.52 Å². The summed E-state index contributed by atoms with van der Waals surface area (Å²) in [6, 6.07) is 2.75. The van der Waals surface area contributed by atoms with Gasteiger partial charge >= 0.3 is 0 Å². The van der Waals surface area contributed by atoms with Crippen LogP contribution in [-0.2, 0) is 13.1 Å². The molecule has 2 aromatic heterocycles. The molecule has 2 aromatic rings. The predicted molar refractivity (Wildman–Crippen MR) is 85.7 cm³/mol. The van der Waals surface area contributed by atoms with Gasteiger partial charge in [0.05, 0.1) is 6.54 Å². The second-order valence-corrected chi connectivity index (χ2v) is 7.19. The van der Waals surface area contributed by atoms with Gasteiger partial charge in [0.1, 0.15) is 0 Å². The summed E-state index contributed by atoms with van der Waals surface area (Å²) in [6.45, 7) is 3.98. The molecule has 0 aromatic carbocycles. The van der Waals surface area contributed by atoms with Gasteiger partial charge in [0, 0.05) is 25.0 Å². The average molecular weight is 318 g/mol. The molecule has 1 aliphatic heterocycles. The highest BCUT2D eigenvalue weighted by Gasteiger charge is 2.30. The highest BCUT2D eigenvalue weighted by atomic mass is 32.1. The van der Waals surface area contributed by atoms with Gasteiger partial charge in [0.2, 0.25) is 5.89 Å². The van der Waals surface area contributed by atoms with Crippen LogP contribution in [0, 0.1) is 0 Å². The first-order chi connectivity index (χ1) is 10.9. The molecular formula is C16H22N4OS. The maximum absolute atomic E-state index is 5.35. The molecule has 0 amide bonds. The van der Waals surface area contributed by atoms with Gasteiger partial charge < -0.3 is 9.84 Å². The van der Waals surface area contributed by atoms with Crippen molar-refractivity contribution in [1.29, 1.82) is 0 Å². The lowest BCUT2D eigenvalue weighted by atomic mass is 10.1. The van der Waals surface area contributed by atoms with E-state index in [2.05, 4.69) is 37.2 Å². The van der Waals surface area contributed by atoms with Crippen molar-refractivity contribution in [3.63, 3.8) is 0 Å². The normalized spacial score (nSPS) is 23.0. The van der Waals surface area contributed by atoms with Gasteiger partial charge in [-0.1, -0.05) is 5.16 Å². The molecule has 1 saturated carbocycles. The molecule has 118 valence electrons. The van der Waals surface area contributed by atoms with Crippen LogP contribution in [0.3, 0.4) is 0 Å². The third kappa shape index (κ3) is 3.56. The molecule has 1 atom stereocenters. The highest BCUT2D eigenvalue weighted by Crippen LogP contribution is 2.38. The Morgan fingerprint density at radius 3 is 3.14 bits per heavy atom. The van der Waals surface area contributed by atoms with E-state index in [1.54, 1.807) is 11.3 Å². The second-order valence-electron chi connectivity index (χ2n) is 6.41. The van der Waals surface area contributed by atoms with Crippen molar-refractivity contribution >= 4 is 11.3 Å². The van der Waals surface area contributed by atoms with Crippen LogP contribution in [0.25, 0.3) is 0 Å². The molecule has 1 saturated heterocycles. The Labute approximate surface area is 134 Å². The van der Waals surface area contributed by atoms with Crippen molar-refractivity contribution in [3.8, 4) is 0 Å². The molecule has 1 aliphatic carbocycles. The number of thiophene rings is 1. The fourth-order valence-corrected chi connectivity index (χ4v) is 3.72. The lowest BCUT2D eigenvalue weighted by molar-refractivity contribution is 0.177. The van der Waals surface area contributed by atoms with Crippen LogP contribution in [-0.4, -0.2) is 34.2 Å². The van der Waals surface area contributed by atoms with Gasteiger partial charge in [-0.25, -0.2) is 0 Å². The Morgan fingerprint density at radius 2 is 2.32 bits per heavy atom. The molecule has 2 fully saturated rings. The zero-order valence-electron chi connectivity index (χ0n) is 12.7. The Morgan fingerprint density at radius 1 is 1.36 bits per heavy atom. The van der Waals surface area contributed by atoms with Gasteiger partial charge in [-0.05, 0) is 54.6 Å². The summed E-state index contributed by atoms with van der Waals surface area (Å²) in [5, 5.41) is 12.2. The lowest BCUT2D eigenvalue weighted by Crippen LogP contribution is -2.45. The van der Waals surface area contributed by atoms with Crippen molar-refractivity contribution in [2.45, 2.75) is 50.7 Å². The van der Waals surface area contributed by atoms with Crippen LogP contribution in [0.1, 0.15) is 48.9 Å². The second kappa shape index (κ2) is 6.48. The summed E-state index contributed by atoms with van der Waals surface area (Å²) < 4.78 is 5.35. The fraction of sp³-hybridized carbons (Fsp3) is 0.625. The Balaban J connectivity index is 1.28. The first-order valence-electron chi connectivity index (χ1n) is 8.16. The lowest BCUT2D eigenvalue weighted by Gasteiger charge is -2.32. The summed E-state index contributed by atoms with van der Waals surface area (Å²) in [5.41, 5.74) is 1.38. The molecular weight excluding hydrogens is 296 g/mol. The molecule has 5 nitrogen and oxygen atoms in total. The predicted octanol–water partition coefficient (Wildman–Crippen LogP) is 2.76. The zero-order valence-corrected chi connectivity index (χ0v) is 13.5. The van der Waals surface area contributed by atoms with E-state index < -0.39 is 0 Å². The van der Waals surface area contributed by atoms with E-state index in [-0.39, 0.29) is 0 Å². The third-order valence-electron chi connectivity index (χ3n) is 4.46. The Hall–Kier alpha value is -1.24. The largest absolute Gasteiger partial charge is 0.339 e. The minimum atomic E-state index is 0.544. The fourth-order valence-electron chi connectivity index (χ4n) is 3.05. The van der Waals surface area contributed by atoms with E-state index in [9.17, 15) is 0 Å². The summed E-state index contributed by atoms with van der Waals surface area (Å²) in [6.07, 6.45) is 4.90. The summed E-state index contributed by atoms with van der Waals surface area (Å²) in [4.78, 5) is 6.98. The molecule has 22 heavy (non-hydrogen) atoms. The van der Waals surface area contributed by atoms with Crippen LogP contribution in [0.5, 0.6) is 0 Å². The van der Waals surface area contributed by atoms with Crippen LogP contribution in [0.4, 0.5) is 0 Å². The first-order valence-corrected chi connectivity index (χ1v) is 9.10. The van der Waals surface area contributed by atoms with Gasteiger partial charge in [0.25, 0.3) is 0 Å². The molecule has 0 spiro atoms. The van der Waals surface area contributed by atoms with Crippen molar-refractivity contribution in [2.75, 3.05) is 13.1 Å². The van der Waals surface area contributed by atoms with Gasteiger partial charge in [-0.3, -0.25) is 4.90 Å². The van der Waals surface area contributed by atoms with Gasteiger partial charge in [-0.2, -0.15) is 16.3 Å². The van der Waals surface area contributed by atoms with Crippen LogP contribution in [0.2, 0.25) is 0 Å². The van der Waals surface area contributed by atoms with Crippen LogP contribution < -0.4 is 5.32 Å². The van der Waals surface area contributed by atoms with E-state index in [1.165, 1.54) is 31.2 Å². The van der Waals surface area contributed by atoms with Gasteiger partial charge in [0.15, 0.2) is 5.82 Å². The number of hydrogen-bond acceptors (Lipinski definition) is 6. The van der Waals surface area contributed by atoms with E-state index in [4.69, 9.17) is 4.52 Å². The molecule has 0 bridgehead atoms. The minimum absolute atomic E-state index is 0.544. The number of likely N-dealkylation sites (tertiary alicyclic amines) is 1. The summed E-state index contributed by atoms with van der Waals surface area (Å²) in [7, 11) is 0. The standard InChI is InChI=1S/C16H22N4OS/c1-2-14(17-8-12-5-7-22-11-12)9-20(6-1)10-15-18-16(21-19-15)13-3-4-13/h5,7,11,13-14,17H,1-4,6,8-10H2/t14-/m1/s1. The monoisotopic (exact) mass is 318 g/mol. The maximum atomic E-state index is 5.35. The molecule has 6 heteroatoms. The van der Waals surface area contributed by atoms with E-state index >= 15 is 0 Å². The van der Waals surface area contributed by atoms with Crippen molar-refractivity contribution in [2.24, 2.45) is 0 Å². The number of piperidine rings is 1. The average Bonchev–Trinajstić information content (AvgIpc) is 3.06. The number of hydrogen-bond donors (Lipinski definition) is 1. The van der Waals surface area contributed by atoms with Gasteiger partial charge in [-0.15, -0.1) is 0 Å². The van der Waals surface area contributed by atoms with Crippen molar-refractivity contribution in [3.05, 3.63) is 34.1 Å². The quantitative estimate of drug-likeness (QED) is 0.887. The summed E-state index contributed by atoms with van der Waals surface area (Å²) >= 11 is 1.76. The van der Waals surface area contributed by atoms with Crippen molar-refractivity contribution in [1.82, 2.24) is 20.4 Å². The molecule has 3 heterocycles. The molecule has 2 aliphatic rings. The maximum Gasteiger partial charge on any atom is 0.229 e. The molecule has 1 N–H and O–H groups in total. The Bertz CT molecular complexity index is 593. The van der Waals surface area contributed by atoms with Crippen LogP contribution >= 0.6 is 11.3 Å². The Kier molecular flexibility index (Phi) is 4.23. The SMILES string of the molecule is c1cc(CN[C@@H]2CCCN(Cc3noc(C4CC4)n3)C2)cs1. The molecule has 4 rings (SSSR count).